The lowest BCUT2D eigenvalue weighted by Gasteiger charge is -2.36. The lowest BCUT2D eigenvalue weighted by atomic mass is 10.1. The van der Waals surface area contributed by atoms with Crippen LogP contribution in [0.5, 0.6) is 0 Å². The van der Waals surface area contributed by atoms with Crippen LogP contribution in [0, 0.1) is 20.2 Å². The number of piperazine rings is 1. The average molecular weight is 425 g/mol. The van der Waals surface area contributed by atoms with Crippen LogP contribution in [0.25, 0.3) is 0 Å². The van der Waals surface area contributed by atoms with Crippen LogP contribution < -0.4 is 4.90 Å². The Balaban J connectivity index is 1.76. The molecule has 1 heterocycles. The molecule has 0 atom stereocenters. The maximum absolute atomic E-state index is 12.7. The van der Waals surface area contributed by atoms with Gasteiger partial charge in [-0.2, -0.15) is 0 Å². The molecule has 11 heteroatoms. The normalized spacial score (nSPS) is 14.1. The Morgan fingerprint density at radius 1 is 0.893 bits per heavy atom. The Bertz CT molecular complexity index is 961. The van der Waals surface area contributed by atoms with Gasteiger partial charge >= 0.3 is 0 Å². The molecule has 2 aromatic carbocycles. The topological polar surface area (TPSA) is 110 Å². The number of hydrogen-bond donors (Lipinski definition) is 0. The van der Waals surface area contributed by atoms with Gasteiger partial charge in [0.1, 0.15) is 10.7 Å². The molecular formula is C17H14Cl2N4O5. The highest BCUT2D eigenvalue weighted by atomic mass is 35.5. The summed E-state index contributed by atoms with van der Waals surface area (Å²) >= 11 is 11.9. The minimum atomic E-state index is -0.645. The van der Waals surface area contributed by atoms with Crippen molar-refractivity contribution in [3.8, 4) is 0 Å². The number of anilines is 1. The van der Waals surface area contributed by atoms with E-state index in [9.17, 15) is 25.0 Å². The summed E-state index contributed by atoms with van der Waals surface area (Å²) < 4.78 is 0. The summed E-state index contributed by atoms with van der Waals surface area (Å²) in [4.78, 5) is 37.1. The van der Waals surface area contributed by atoms with E-state index >= 15 is 0 Å². The molecule has 0 spiro atoms. The van der Waals surface area contributed by atoms with E-state index in [2.05, 4.69) is 0 Å². The molecule has 3 rings (SSSR count). The van der Waals surface area contributed by atoms with Crippen LogP contribution in [0.15, 0.2) is 36.4 Å². The van der Waals surface area contributed by atoms with E-state index in [1.807, 2.05) is 0 Å². The van der Waals surface area contributed by atoms with Gasteiger partial charge in [0.05, 0.1) is 14.9 Å². The van der Waals surface area contributed by atoms with Gasteiger partial charge in [-0.25, -0.2) is 0 Å². The van der Waals surface area contributed by atoms with Crippen molar-refractivity contribution in [2.75, 3.05) is 31.1 Å². The van der Waals surface area contributed by atoms with Gasteiger partial charge in [-0.3, -0.25) is 25.0 Å². The largest absolute Gasteiger partial charge is 0.361 e. The van der Waals surface area contributed by atoms with Crippen LogP contribution in [0.3, 0.4) is 0 Å². The molecule has 0 saturated carbocycles. The summed E-state index contributed by atoms with van der Waals surface area (Å²) in [6, 6.07) is 8.37. The Kier molecular flexibility index (Phi) is 5.66. The maximum atomic E-state index is 12.7. The number of halogens is 2. The van der Waals surface area contributed by atoms with E-state index in [4.69, 9.17) is 23.2 Å². The van der Waals surface area contributed by atoms with Gasteiger partial charge in [0.15, 0.2) is 0 Å². The van der Waals surface area contributed by atoms with Crippen molar-refractivity contribution in [3.63, 3.8) is 0 Å². The van der Waals surface area contributed by atoms with Crippen LogP contribution in [0.2, 0.25) is 10.0 Å². The first-order valence-electron chi connectivity index (χ1n) is 8.20. The molecule has 0 unspecified atom stereocenters. The number of carbonyl (C=O) groups is 1. The molecule has 1 fully saturated rings. The zero-order valence-corrected chi connectivity index (χ0v) is 15.9. The molecular weight excluding hydrogens is 411 g/mol. The minimum Gasteiger partial charge on any atom is -0.361 e. The summed E-state index contributed by atoms with van der Waals surface area (Å²) in [5, 5.41) is 22.5. The zero-order valence-electron chi connectivity index (χ0n) is 14.4. The third kappa shape index (κ3) is 3.85. The zero-order chi connectivity index (χ0) is 20.4. The van der Waals surface area contributed by atoms with Crippen LogP contribution in [0.4, 0.5) is 17.1 Å². The molecule has 0 aliphatic carbocycles. The van der Waals surface area contributed by atoms with Gasteiger partial charge in [0.25, 0.3) is 17.3 Å². The predicted molar refractivity (Wildman–Crippen MR) is 104 cm³/mol. The molecule has 1 aliphatic rings. The second-order valence-electron chi connectivity index (χ2n) is 6.07. The van der Waals surface area contributed by atoms with E-state index in [0.717, 1.165) is 6.07 Å². The molecule has 146 valence electrons. The quantitative estimate of drug-likeness (QED) is 0.545. The number of hydrogen-bond acceptors (Lipinski definition) is 6. The summed E-state index contributed by atoms with van der Waals surface area (Å²) in [5.74, 6) is -0.368. The fourth-order valence-corrected chi connectivity index (χ4v) is 3.54. The van der Waals surface area contributed by atoms with E-state index < -0.39 is 9.85 Å². The number of benzene rings is 2. The van der Waals surface area contributed by atoms with Crippen LogP contribution in [-0.4, -0.2) is 46.8 Å². The highest BCUT2D eigenvalue weighted by molar-refractivity contribution is 6.34. The molecule has 0 aromatic heterocycles. The van der Waals surface area contributed by atoms with Crippen molar-refractivity contribution in [1.29, 1.82) is 0 Å². The molecule has 0 N–H and O–H groups in total. The Morgan fingerprint density at radius 3 is 2.14 bits per heavy atom. The molecule has 1 saturated heterocycles. The van der Waals surface area contributed by atoms with E-state index in [0.29, 0.717) is 18.8 Å². The number of rotatable bonds is 4. The molecule has 2 aromatic rings. The second kappa shape index (κ2) is 7.99. The van der Waals surface area contributed by atoms with E-state index in [-0.39, 0.29) is 46.0 Å². The molecule has 9 nitrogen and oxygen atoms in total. The van der Waals surface area contributed by atoms with Gasteiger partial charge in [-0.1, -0.05) is 29.3 Å². The van der Waals surface area contributed by atoms with Gasteiger partial charge in [-0.05, 0) is 18.2 Å². The summed E-state index contributed by atoms with van der Waals surface area (Å²) in [6.45, 7) is 1.26. The van der Waals surface area contributed by atoms with Crippen molar-refractivity contribution in [1.82, 2.24) is 4.90 Å². The number of nitro groups is 2. The highest BCUT2D eigenvalue weighted by Gasteiger charge is 2.28. The molecule has 28 heavy (non-hydrogen) atoms. The first-order valence-corrected chi connectivity index (χ1v) is 8.96. The Hall–Kier alpha value is -2.91. The number of nitro benzene ring substituents is 2. The van der Waals surface area contributed by atoms with Crippen molar-refractivity contribution in [2.45, 2.75) is 0 Å². The summed E-state index contributed by atoms with van der Waals surface area (Å²) in [7, 11) is 0. The van der Waals surface area contributed by atoms with Crippen LogP contribution in [0.1, 0.15) is 10.4 Å². The predicted octanol–water partition coefficient (Wildman–Crippen LogP) is 3.77. The van der Waals surface area contributed by atoms with Gasteiger partial charge in [0, 0.05) is 43.9 Å². The van der Waals surface area contributed by atoms with E-state index in [1.165, 1.54) is 29.2 Å². The first kappa shape index (κ1) is 19.8. The number of nitrogens with zero attached hydrogens (tertiary/aromatic N) is 4. The molecule has 1 aliphatic heterocycles. The van der Waals surface area contributed by atoms with Crippen LogP contribution >= 0.6 is 23.2 Å². The van der Waals surface area contributed by atoms with Crippen molar-refractivity contribution in [2.24, 2.45) is 0 Å². The lowest BCUT2D eigenvalue weighted by molar-refractivity contribution is -0.384. The molecule has 0 bridgehead atoms. The fourth-order valence-electron chi connectivity index (χ4n) is 3.07. The Labute approximate surface area is 169 Å². The summed E-state index contributed by atoms with van der Waals surface area (Å²) in [5.41, 5.74) is 0.0510. The van der Waals surface area contributed by atoms with E-state index in [1.54, 1.807) is 11.0 Å². The second-order valence-corrected chi connectivity index (χ2v) is 6.88. The average Bonchev–Trinajstić information content (AvgIpc) is 2.67. The molecule has 0 radical (unpaired) electrons. The minimum absolute atomic E-state index is 0.0441. The molecule has 1 amide bonds. The maximum Gasteiger partial charge on any atom is 0.294 e. The number of para-hydroxylation sites is 1. The lowest BCUT2D eigenvalue weighted by Crippen LogP contribution is -2.49. The van der Waals surface area contributed by atoms with Crippen molar-refractivity contribution in [3.05, 3.63) is 72.2 Å². The Morgan fingerprint density at radius 2 is 1.54 bits per heavy atom. The highest BCUT2D eigenvalue weighted by Crippen LogP contribution is 2.36. The van der Waals surface area contributed by atoms with Gasteiger partial charge < -0.3 is 9.80 Å². The van der Waals surface area contributed by atoms with Gasteiger partial charge in [-0.15, -0.1) is 0 Å². The van der Waals surface area contributed by atoms with Crippen molar-refractivity contribution < 1.29 is 14.6 Å². The van der Waals surface area contributed by atoms with Crippen molar-refractivity contribution >= 4 is 46.2 Å². The monoisotopic (exact) mass is 424 g/mol. The SMILES string of the molecule is O=C(c1ccc(Cl)c([N+](=O)[O-])c1)N1CCN(c2c(Cl)cccc2[N+](=O)[O-])CC1. The summed E-state index contributed by atoms with van der Waals surface area (Å²) in [6.07, 6.45) is 0. The van der Waals surface area contributed by atoms with Crippen LogP contribution in [-0.2, 0) is 0 Å². The fraction of sp³-hybridized carbons (Fsp3) is 0.235. The number of carbonyl (C=O) groups excluding carboxylic acids is 1. The smallest absolute Gasteiger partial charge is 0.294 e. The third-order valence-electron chi connectivity index (χ3n) is 4.44. The standard InChI is InChI=1S/C17H14Cl2N4O5/c18-12-5-4-11(10-15(12)23(27)28)17(24)21-8-6-20(7-9-21)16-13(19)2-1-3-14(16)22(25)26/h1-5,10H,6-9H2. The third-order valence-corrected chi connectivity index (χ3v) is 5.06. The number of amides is 1. The first-order chi connectivity index (χ1) is 13.3. The van der Waals surface area contributed by atoms with Gasteiger partial charge in [0.2, 0.25) is 0 Å².